The number of nitrogens with zero attached hydrogens (tertiary/aromatic N) is 1. The fourth-order valence-electron chi connectivity index (χ4n) is 1.88. The van der Waals surface area contributed by atoms with E-state index in [4.69, 9.17) is 5.11 Å². The van der Waals surface area contributed by atoms with Crippen LogP contribution in [0.25, 0.3) is 0 Å². The molecule has 0 aromatic heterocycles. The second-order valence-electron chi connectivity index (χ2n) is 4.24. The van der Waals surface area contributed by atoms with Gasteiger partial charge in [0.15, 0.2) is 0 Å². The summed E-state index contributed by atoms with van der Waals surface area (Å²) >= 11 is 0. The molecule has 1 heterocycles. The van der Waals surface area contributed by atoms with E-state index in [1.165, 1.54) is 12.1 Å². The molecule has 1 aromatic carbocycles. The van der Waals surface area contributed by atoms with Crippen LogP contribution in [0.2, 0.25) is 0 Å². The first-order valence-corrected chi connectivity index (χ1v) is 7.14. The van der Waals surface area contributed by atoms with Gasteiger partial charge in [-0.25, -0.2) is 9.18 Å². The van der Waals surface area contributed by atoms with Gasteiger partial charge in [-0.15, -0.1) is 0 Å². The average Bonchev–Trinajstić information content (AvgIpc) is 2.34. The van der Waals surface area contributed by atoms with Crippen molar-refractivity contribution in [3.63, 3.8) is 0 Å². The zero-order valence-electron chi connectivity index (χ0n) is 9.76. The highest BCUT2D eigenvalue weighted by Gasteiger charge is 2.17. The lowest BCUT2D eigenvalue weighted by atomic mass is 10.1. The van der Waals surface area contributed by atoms with E-state index < -0.39 is 22.6 Å². The topological polar surface area (TPSA) is 57.6 Å². The van der Waals surface area contributed by atoms with Crippen molar-refractivity contribution in [1.82, 2.24) is 4.90 Å². The number of benzene rings is 1. The third-order valence-corrected chi connectivity index (χ3v) is 4.24. The van der Waals surface area contributed by atoms with Gasteiger partial charge >= 0.3 is 5.97 Å². The lowest BCUT2D eigenvalue weighted by Crippen LogP contribution is -2.37. The summed E-state index contributed by atoms with van der Waals surface area (Å²) in [7, 11) is -0.747. The fourth-order valence-corrected chi connectivity index (χ4v) is 3.01. The zero-order chi connectivity index (χ0) is 13.1. The van der Waals surface area contributed by atoms with E-state index in [2.05, 4.69) is 0 Å². The molecular weight excluding hydrogens is 257 g/mol. The van der Waals surface area contributed by atoms with E-state index in [-0.39, 0.29) is 5.56 Å². The molecule has 1 aliphatic heterocycles. The van der Waals surface area contributed by atoms with Gasteiger partial charge < -0.3 is 5.11 Å². The van der Waals surface area contributed by atoms with Gasteiger partial charge in [-0.3, -0.25) is 9.11 Å². The molecule has 1 N–H and O–H groups in total. The van der Waals surface area contributed by atoms with Gasteiger partial charge in [-0.2, -0.15) is 0 Å². The molecule has 0 bridgehead atoms. The van der Waals surface area contributed by atoms with E-state index in [1.54, 1.807) is 0 Å². The fraction of sp³-hybridized carbons (Fsp3) is 0.417. The van der Waals surface area contributed by atoms with Gasteiger partial charge in [-0.05, 0) is 12.1 Å². The molecular formula is C12H14FNO3S. The molecule has 1 aromatic rings. The van der Waals surface area contributed by atoms with Crippen molar-refractivity contribution < 1.29 is 18.5 Å². The molecule has 0 radical (unpaired) electrons. The van der Waals surface area contributed by atoms with Crippen molar-refractivity contribution in [3.8, 4) is 0 Å². The van der Waals surface area contributed by atoms with Crippen molar-refractivity contribution in [2.24, 2.45) is 0 Å². The van der Waals surface area contributed by atoms with Crippen LogP contribution in [-0.2, 0) is 17.3 Å². The molecule has 1 aliphatic rings. The summed E-state index contributed by atoms with van der Waals surface area (Å²) in [6.07, 6.45) is 0. The molecule has 98 valence electrons. The SMILES string of the molecule is O=C(O)c1ccc(CN2CCS(=O)CC2)c(F)c1. The molecule has 6 heteroatoms. The highest BCUT2D eigenvalue weighted by molar-refractivity contribution is 7.85. The third-order valence-electron chi connectivity index (χ3n) is 2.96. The molecule has 0 unspecified atom stereocenters. The molecule has 0 spiro atoms. The number of hydrogen-bond acceptors (Lipinski definition) is 3. The first-order valence-electron chi connectivity index (χ1n) is 5.65. The van der Waals surface area contributed by atoms with Crippen LogP contribution in [0, 0.1) is 5.82 Å². The minimum atomic E-state index is -1.13. The quantitative estimate of drug-likeness (QED) is 0.894. The molecule has 1 fully saturated rings. The van der Waals surface area contributed by atoms with Gasteiger partial charge in [0.1, 0.15) is 5.82 Å². The van der Waals surface area contributed by atoms with Gasteiger partial charge in [0.25, 0.3) is 0 Å². The predicted molar refractivity (Wildman–Crippen MR) is 66.5 cm³/mol. The van der Waals surface area contributed by atoms with Gasteiger partial charge in [0, 0.05) is 47.5 Å². The highest BCUT2D eigenvalue weighted by Crippen LogP contribution is 2.14. The number of halogens is 1. The second-order valence-corrected chi connectivity index (χ2v) is 5.93. The summed E-state index contributed by atoms with van der Waals surface area (Å²) in [5, 5.41) is 8.74. The summed E-state index contributed by atoms with van der Waals surface area (Å²) in [6, 6.07) is 3.95. The Bertz CT molecular complexity index is 482. The van der Waals surface area contributed by atoms with E-state index >= 15 is 0 Å². The maximum atomic E-state index is 13.7. The molecule has 0 amide bonds. The van der Waals surface area contributed by atoms with Crippen LogP contribution < -0.4 is 0 Å². The van der Waals surface area contributed by atoms with Crippen LogP contribution in [-0.4, -0.2) is 44.8 Å². The average molecular weight is 271 g/mol. The summed E-state index contributed by atoms with van der Waals surface area (Å²) < 4.78 is 24.9. The Morgan fingerprint density at radius 1 is 1.39 bits per heavy atom. The Kier molecular flexibility index (Phi) is 4.08. The van der Waals surface area contributed by atoms with E-state index in [9.17, 15) is 13.4 Å². The smallest absolute Gasteiger partial charge is 0.335 e. The van der Waals surface area contributed by atoms with Crippen LogP contribution in [0.15, 0.2) is 18.2 Å². The largest absolute Gasteiger partial charge is 0.478 e. The molecule has 2 rings (SSSR count). The molecule has 0 saturated carbocycles. The van der Waals surface area contributed by atoms with Crippen molar-refractivity contribution in [1.29, 1.82) is 0 Å². The number of aromatic carboxylic acids is 1. The van der Waals surface area contributed by atoms with Crippen LogP contribution in [0.5, 0.6) is 0 Å². The predicted octanol–water partition coefficient (Wildman–Crippen LogP) is 1.09. The van der Waals surface area contributed by atoms with E-state index in [0.717, 1.165) is 6.07 Å². The molecule has 4 nitrogen and oxygen atoms in total. The first kappa shape index (κ1) is 13.2. The summed E-state index contributed by atoms with van der Waals surface area (Å²) in [4.78, 5) is 12.7. The van der Waals surface area contributed by atoms with Crippen LogP contribution in [0.1, 0.15) is 15.9 Å². The Morgan fingerprint density at radius 2 is 2.06 bits per heavy atom. The summed E-state index contributed by atoms with van der Waals surface area (Å²) in [5.74, 6) is -0.390. The van der Waals surface area contributed by atoms with Gasteiger partial charge in [-0.1, -0.05) is 6.07 Å². The number of rotatable bonds is 3. The Labute approximate surface area is 107 Å². The number of carboxylic acids is 1. The lowest BCUT2D eigenvalue weighted by Gasteiger charge is -2.26. The van der Waals surface area contributed by atoms with E-state index in [0.29, 0.717) is 36.7 Å². The maximum absolute atomic E-state index is 13.7. The van der Waals surface area contributed by atoms with Crippen molar-refractivity contribution in [3.05, 3.63) is 35.1 Å². The van der Waals surface area contributed by atoms with Crippen LogP contribution in [0.4, 0.5) is 4.39 Å². The highest BCUT2D eigenvalue weighted by atomic mass is 32.2. The van der Waals surface area contributed by atoms with Gasteiger partial charge in [0.05, 0.1) is 5.56 Å². The maximum Gasteiger partial charge on any atom is 0.335 e. The standard InChI is InChI=1S/C12H14FNO3S/c13-11-7-9(12(15)16)1-2-10(11)8-14-3-5-18(17)6-4-14/h1-2,7H,3-6,8H2,(H,15,16). The van der Waals surface area contributed by atoms with Gasteiger partial charge in [0.2, 0.25) is 0 Å². The molecule has 0 atom stereocenters. The summed E-state index contributed by atoms with van der Waals surface area (Å²) in [5.41, 5.74) is 0.434. The molecule has 0 aliphatic carbocycles. The van der Waals surface area contributed by atoms with Crippen molar-refractivity contribution >= 4 is 16.8 Å². The molecule has 1 saturated heterocycles. The summed E-state index contributed by atoms with van der Waals surface area (Å²) in [6.45, 7) is 1.81. The Morgan fingerprint density at radius 3 is 2.61 bits per heavy atom. The van der Waals surface area contributed by atoms with E-state index in [1.807, 2.05) is 4.90 Å². The van der Waals surface area contributed by atoms with Crippen molar-refractivity contribution in [2.75, 3.05) is 24.6 Å². The Hall–Kier alpha value is -1.27. The minimum absolute atomic E-state index is 0.0454. The Balaban J connectivity index is 2.05. The minimum Gasteiger partial charge on any atom is -0.478 e. The number of carboxylic acid groups (broad SMARTS) is 1. The molecule has 18 heavy (non-hydrogen) atoms. The monoisotopic (exact) mass is 271 g/mol. The third kappa shape index (κ3) is 3.14. The zero-order valence-corrected chi connectivity index (χ0v) is 10.6. The van der Waals surface area contributed by atoms with Crippen LogP contribution >= 0.6 is 0 Å². The van der Waals surface area contributed by atoms with Crippen LogP contribution in [0.3, 0.4) is 0 Å². The van der Waals surface area contributed by atoms with Crippen molar-refractivity contribution in [2.45, 2.75) is 6.54 Å². The normalized spacial score (nSPS) is 17.8. The number of carbonyl (C=O) groups is 1. The number of hydrogen-bond donors (Lipinski definition) is 1. The second kappa shape index (κ2) is 5.58. The first-order chi connectivity index (χ1) is 8.56. The lowest BCUT2D eigenvalue weighted by molar-refractivity contribution is 0.0696.